The van der Waals surface area contributed by atoms with Crippen molar-refractivity contribution in [3.05, 3.63) is 51.9 Å². The molecule has 1 aromatic carbocycles. The Labute approximate surface area is 161 Å². The first-order valence-corrected chi connectivity index (χ1v) is 9.78. The number of carbonyl (C=O) groups is 3. The van der Waals surface area contributed by atoms with Gasteiger partial charge in [-0.15, -0.1) is 11.3 Å². The third-order valence-corrected chi connectivity index (χ3v) is 5.87. The van der Waals surface area contributed by atoms with Crippen LogP contribution >= 0.6 is 11.3 Å². The normalized spacial score (nSPS) is 13.7. The molecule has 1 atom stereocenters. The number of carbonyl (C=O) groups excluding carboxylic acids is 3. The number of hydrogen-bond donors (Lipinski definition) is 2. The minimum atomic E-state index is -0.545. The average Bonchev–Trinajstić information content (AvgIpc) is 3.22. The Morgan fingerprint density at radius 3 is 2.63 bits per heavy atom. The molecule has 3 rings (SSSR count). The number of amides is 2. The van der Waals surface area contributed by atoms with E-state index in [0.29, 0.717) is 17.0 Å². The van der Waals surface area contributed by atoms with Gasteiger partial charge in [-0.2, -0.15) is 0 Å². The van der Waals surface area contributed by atoms with Crippen LogP contribution in [0.15, 0.2) is 30.3 Å². The Bertz CT molecular complexity index is 860. The van der Waals surface area contributed by atoms with Crippen molar-refractivity contribution in [2.24, 2.45) is 5.73 Å². The largest absolute Gasteiger partial charge is 0.455 e. The number of benzene rings is 1. The van der Waals surface area contributed by atoms with Crippen LogP contribution in [0.1, 0.15) is 52.0 Å². The maximum atomic E-state index is 12.3. The predicted octanol–water partition coefficient (Wildman–Crippen LogP) is 3.01. The highest BCUT2D eigenvalue weighted by molar-refractivity contribution is 7.17. The first-order valence-electron chi connectivity index (χ1n) is 8.97. The maximum Gasteiger partial charge on any atom is 0.313 e. The zero-order valence-corrected chi connectivity index (χ0v) is 15.9. The third-order valence-electron chi connectivity index (χ3n) is 4.66. The van der Waals surface area contributed by atoms with Gasteiger partial charge in [0.25, 0.3) is 11.8 Å². The molecule has 142 valence electrons. The first-order chi connectivity index (χ1) is 13.0. The Balaban J connectivity index is 1.62. The summed E-state index contributed by atoms with van der Waals surface area (Å²) in [7, 11) is 0. The van der Waals surface area contributed by atoms with Crippen molar-refractivity contribution >= 4 is 34.1 Å². The zero-order chi connectivity index (χ0) is 19.4. The molecule has 0 aliphatic heterocycles. The average molecular weight is 386 g/mol. The van der Waals surface area contributed by atoms with Gasteiger partial charge < -0.3 is 15.8 Å². The van der Waals surface area contributed by atoms with Crippen molar-refractivity contribution in [1.29, 1.82) is 0 Å². The van der Waals surface area contributed by atoms with Gasteiger partial charge in [-0.05, 0) is 36.8 Å². The van der Waals surface area contributed by atoms with Gasteiger partial charge in [-0.1, -0.05) is 37.3 Å². The fraction of sp³-hybridized carbons (Fsp3) is 0.350. The molecule has 1 heterocycles. The molecular weight excluding hydrogens is 364 g/mol. The van der Waals surface area contributed by atoms with E-state index < -0.39 is 30.3 Å². The first kappa shape index (κ1) is 19.1. The minimum Gasteiger partial charge on any atom is -0.455 e. The summed E-state index contributed by atoms with van der Waals surface area (Å²) in [4.78, 5) is 37.4. The van der Waals surface area contributed by atoms with Gasteiger partial charge in [0.1, 0.15) is 5.00 Å². The molecule has 3 N–H and O–H groups in total. The van der Waals surface area contributed by atoms with Crippen LogP contribution < -0.4 is 11.1 Å². The quantitative estimate of drug-likeness (QED) is 0.715. The van der Waals surface area contributed by atoms with E-state index in [4.69, 9.17) is 10.5 Å². The van der Waals surface area contributed by atoms with Crippen LogP contribution in [0.4, 0.5) is 5.00 Å². The lowest BCUT2D eigenvalue weighted by Crippen LogP contribution is -2.24. The Hall–Kier alpha value is -2.67. The zero-order valence-electron chi connectivity index (χ0n) is 15.1. The third kappa shape index (κ3) is 4.19. The molecule has 27 heavy (non-hydrogen) atoms. The van der Waals surface area contributed by atoms with Gasteiger partial charge in [0, 0.05) is 4.88 Å². The van der Waals surface area contributed by atoms with Gasteiger partial charge in [0.15, 0.2) is 6.61 Å². The topological polar surface area (TPSA) is 98.5 Å². The van der Waals surface area contributed by atoms with Crippen molar-refractivity contribution in [1.82, 2.24) is 0 Å². The van der Waals surface area contributed by atoms with E-state index in [1.807, 2.05) is 37.3 Å². The van der Waals surface area contributed by atoms with Crippen LogP contribution in [0.2, 0.25) is 0 Å². The lowest BCUT2D eigenvalue weighted by molar-refractivity contribution is -0.149. The van der Waals surface area contributed by atoms with E-state index >= 15 is 0 Å². The molecule has 0 saturated heterocycles. The maximum absolute atomic E-state index is 12.3. The summed E-state index contributed by atoms with van der Waals surface area (Å²) in [6.07, 6.45) is 3.25. The number of fused-ring (bicyclic) bond motifs is 1. The Morgan fingerprint density at radius 2 is 1.96 bits per heavy atom. The van der Waals surface area contributed by atoms with Gasteiger partial charge in [0.05, 0.1) is 11.5 Å². The number of hydrogen-bond acceptors (Lipinski definition) is 5. The summed E-state index contributed by atoms with van der Waals surface area (Å²) in [5.74, 6) is -1.88. The number of aryl methyl sites for hydroxylation is 1. The minimum absolute atomic E-state index is 0.392. The SMILES string of the molecule is CC[C@H](C(=O)OCC(=O)Nc1sc2c(c1C(N)=O)CCC2)c1ccccc1. The van der Waals surface area contributed by atoms with Crippen molar-refractivity contribution in [3.8, 4) is 0 Å². The molecule has 0 saturated carbocycles. The number of ether oxygens (including phenoxy) is 1. The molecule has 0 unspecified atom stereocenters. The monoisotopic (exact) mass is 386 g/mol. The number of esters is 1. The molecule has 0 fully saturated rings. The molecule has 2 amide bonds. The lowest BCUT2D eigenvalue weighted by Gasteiger charge is -2.14. The number of anilines is 1. The van der Waals surface area contributed by atoms with E-state index in [-0.39, 0.29) is 0 Å². The summed E-state index contributed by atoms with van der Waals surface area (Å²) < 4.78 is 5.20. The molecule has 1 aromatic heterocycles. The van der Waals surface area contributed by atoms with Crippen LogP contribution in [0.25, 0.3) is 0 Å². The van der Waals surface area contributed by atoms with Crippen LogP contribution in [0.3, 0.4) is 0 Å². The Morgan fingerprint density at radius 1 is 1.22 bits per heavy atom. The molecule has 0 bridgehead atoms. The van der Waals surface area contributed by atoms with Gasteiger partial charge in [-0.25, -0.2) is 0 Å². The number of primary amides is 1. The van der Waals surface area contributed by atoms with Crippen LogP contribution in [-0.2, 0) is 27.2 Å². The van der Waals surface area contributed by atoms with Crippen molar-refractivity contribution in [3.63, 3.8) is 0 Å². The van der Waals surface area contributed by atoms with Crippen molar-refractivity contribution < 1.29 is 19.1 Å². The molecule has 1 aliphatic rings. The second-order valence-electron chi connectivity index (χ2n) is 6.45. The van der Waals surface area contributed by atoms with Gasteiger partial charge in [-0.3, -0.25) is 14.4 Å². The van der Waals surface area contributed by atoms with Crippen LogP contribution in [0.5, 0.6) is 0 Å². The second-order valence-corrected chi connectivity index (χ2v) is 7.56. The molecule has 2 aromatic rings. The van der Waals surface area contributed by atoms with Gasteiger partial charge in [0.2, 0.25) is 0 Å². The van der Waals surface area contributed by atoms with Crippen molar-refractivity contribution in [2.45, 2.75) is 38.5 Å². The summed E-state index contributed by atoms with van der Waals surface area (Å²) in [5, 5.41) is 3.12. The van der Waals surface area contributed by atoms with Crippen molar-refractivity contribution in [2.75, 3.05) is 11.9 Å². The predicted molar refractivity (Wildman–Crippen MR) is 104 cm³/mol. The van der Waals surface area contributed by atoms with E-state index in [2.05, 4.69) is 5.32 Å². The number of thiophene rings is 1. The smallest absolute Gasteiger partial charge is 0.313 e. The molecular formula is C20H22N2O4S. The van der Waals surface area contributed by atoms with E-state index in [9.17, 15) is 14.4 Å². The Kier molecular flexibility index (Phi) is 5.91. The standard InChI is InChI=1S/C20H22N2O4S/c1-2-13(12-7-4-3-5-8-12)20(25)26-11-16(23)22-19-17(18(21)24)14-9-6-10-15(14)27-19/h3-5,7-8,13H,2,6,9-11H2,1H3,(H2,21,24)(H,22,23)/t13-/m0/s1. The number of rotatable bonds is 7. The summed E-state index contributed by atoms with van der Waals surface area (Å²) >= 11 is 1.37. The summed E-state index contributed by atoms with van der Waals surface area (Å²) in [6, 6.07) is 9.33. The molecule has 0 spiro atoms. The van der Waals surface area contributed by atoms with Gasteiger partial charge >= 0.3 is 5.97 Å². The van der Waals surface area contributed by atoms with E-state index in [0.717, 1.165) is 35.3 Å². The van der Waals surface area contributed by atoms with E-state index in [1.54, 1.807) is 0 Å². The van der Waals surface area contributed by atoms with E-state index in [1.165, 1.54) is 11.3 Å². The molecule has 7 heteroatoms. The molecule has 6 nitrogen and oxygen atoms in total. The lowest BCUT2D eigenvalue weighted by atomic mass is 9.97. The fourth-order valence-electron chi connectivity index (χ4n) is 3.38. The second kappa shape index (κ2) is 8.35. The highest BCUT2D eigenvalue weighted by Crippen LogP contribution is 2.38. The van der Waals surface area contributed by atoms with Crippen LogP contribution in [-0.4, -0.2) is 24.4 Å². The summed E-state index contributed by atoms with van der Waals surface area (Å²) in [6.45, 7) is 1.49. The highest BCUT2D eigenvalue weighted by Gasteiger charge is 2.27. The summed E-state index contributed by atoms with van der Waals surface area (Å²) in [5.41, 5.74) is 7.67. The number of nitrogens with one attached hydrogen (secondary N) is 1. The highest BCUT2D eigenvalue weighted by atomic mass is 32.1. The van der Waals surface area contributed by atoms with Crippen LogP contribution in [0, 0.1) is 0 Å². The fourth-order valence-corrected chi connectivity index (χ4v) is 4.69. The number of nitrogens with two attached hydrogens (primary N) is 1. The molecule has 1 aliphatic carbocycles. The molecule has 0 radical (unpaired) electrons.